The number of carbonyl (C=O) groups excluding carboxylic acids is 2. The number of aromatic nitrogens is 2. The van der Waals surface area contributed by atoms with Crippen LogP contribution in [0.25, 0.3) is 0 Å². The molecule has 0 saturated heterocycles. The number of methoxy groups -OCH3 is 1. The molecule has 0 atom stereocenters. The van der Waals surface area contributed by atoms with E-state index in [9.17, 15) is 9.59 Å². The first kappa shape index (κ1) is 27.9. The van der Waals surface area contributed by atoms with Crippen molar-refractivity contribution < 1.29 is 19.1 Å². The molecule has 0 unspecified atom stereocenters. The van der Waals surface area contributed by atoms with E-state index in [0.29, 0.717) is 23.9 Å². The van der Waals surface area contributed by atoms with Gasteiger partial charge in [-0.2, -0.15) is 4.98 Å². The molecular weight excluding hydrogens is 508 g/mol. The zero-order chi connectivity index (χ0) is 28.5. The molecule has 1 aromatic heterocycles. The smallest absolute Gasteiger partial charge is 0.412 e. The van der Waals surface area contributed by atoms with Crippen LogP contribution in [0.5, 0.6) is 5.75 Å². The highest BCUT2D eigenvalue weighted by molar-refractivity contribution is 5.99. The zero-order valence-corrected chi connectivity index (χ0v) is 22.8. The van der Waals surface area contributed by atoms with Crippen LogP contribution < -0.4 is 26.0 Å². The van der Waals surface area contributed by atoms with Gasteiger partial charge >= 0.3 is 6.09 Å². The Labute approximate surface area is 233 Å². The molecule has 0 aliphatic rings. The summed E-state index contributed by atoms with van der Waals surface area (Å²) in [7, 11) is 1.60. The molecule has 0 saturated carbocycles. The third kappa shape index (κ3) is 8.19. The number of benzene rings is 3. The van der Waals surface area contributed by atoms with E-state index < -0.39 is 11.7 Å². The molecule has 1 heterocycles. The number of anilines is 5. The summed E-state index contributed by atoms with van der Waals surface area (Å²) in [5.74, 6) is 0.978. The van der Waals surface area contributed by atoms with Crippen molar-refractivity contribution in [3.63, 3.8) is 0 Å². The molecule has 0 radical (unpaired) electrons. The average Bonchev–Trinajstić information content (AvgIpc) is 2.92. The number of hydrogen-bond donors (Lipinski definition) is 4. The lowest BCUT2D eigenvalue weighted by Crippen LogP contribution is -2.27. The lowest BCUT2D eigenvalue weighted by molar-refractivity contribution is 0.0635. The molecule has 4 rings (SSSR count). The van der Waals surface area contributed by atoms with Crippen LogP contribution in [0.4, 0.5) is 33.6 Å². The maximum atomic E-state index is 13.2. The molecule has 40 heavy (non-hydrogen) atoms. The van der Waals surface area contributed by atoms with Crippen LogP contribution in [0.3, 0.4) is 0 Å². The van der Waals surface area contributed by atoms with Crippen molar-refractivity contribution >= 4 is 40.8 Å². The van der Waals surface area contributed by atoms with Crippen LogP contribution >= 0.6 is 0 Å². The summed E-state index contributed by atoms with van der Waals surface area (Å²) in [6.07, 6.45) is 0.895. The molecule has 0 fully saturated rings. The lowest BCUT2D eigenvalue weighted by atomic mass is 10.2. The molecule has 10 nitrogen and oxygen atoms in total. The number of ether oxygens (including phenoxy) is 2. The number of rotatable bonds is 9. The minimum Gasteiger partial charge on any atom is -0.497 e. The molecule has 0 bridgehead atoms. The lowest BCUT2D eigenvalue weighted by Gasteiger charge is -2.20. The summed E-state index contributed by atoms with van der Waals surface area (Å²) in [4.78, 5) is 34.4. The fourth-order valence-corrected chi connectivity index (χ4v) is 3.61. The molecule has 0 aliphatic carbocycles. The van der Waals surface area contributed by atoms with Gasteiger partial charge in [-0.3, -0.25) is 10.1 Å². The summed E-state index contributed by atoms with van der Waals surface area (Å²) < 4.78 is 10.5. The van der Waals surface area contributed by atoms with Crippen molar-refractivity contribution in [1.82, 2.24) is 15.3 Å². The third-order valence-electron chi connectivity index (χ3n) is 5.45. The quantitative estimate of drug-likeness (QED) is 0.196. The summed E-state index contributed by atoms with van der Waals surface area (Å²) in [6.45, 7) is 5.69. The summed E-state index contributed by atoms with van der Waals surface area (Å²) in [5, 5.41) is 12.0. The Morgan fingerprint density at radius 1 is 0.850 bits per heavy atom. The van der Waals surface area contributed by atoms with Gasteiger partial charge in [0.15, 0.2) is 0 Å². The Morgan fingerprint density at radius 3 is 2.25 bits per heavy atom. The van der Waals surface area contributed by atoms with Crippen molar-refractivity contribution in [2.24, 2.45) is 0 Å². The number of nitrogens with zero attached hydrogens (tertiary/aromatic N) is 2. The monoisotopic (exact) mass is 540 g/mol. The second-order valence-electron chi connectivity index (χ2n) is 9.81. The minimum absolute atomic E-state index is 0.248. The van der Waals surface area contributed by atoms with Gasteiger partial charge in [0.2, 0.25) is 5.95 Å². The van der Waals surface area contributed by atoms with E-state index in [1.54, 1.807) is 52.1 Å². The van der Waals surface area contributed by atoms with E-state index in [1.807, 2.05) is 54.6 Å². The molecule has 3 aromatic carbocycles. The molecule has 0 spiro atoms. The zero-order valence-electron chi connectivity index (χ0n) is 22.8. The topological polar surface area (TPSA) is 127 Å². The van der Waals surface area contributed by atoms with Crippen LogP contribution in [0.1, 0.15) is 36.7 Å². The van der Waals surface area contributed by atoms with Crippen LogP contribution in [-0.4, -0.2) is 34.7 Å². The Balaban J connectivity index is 1.56. The fraction of sp³-hybridized carbons (Fsp3) is 0.200. The van der Waals surface area contributed by atoms with Gasteiger partial charge in [0, 0.05) is 29.8 Å². The van der Waals surface area contributed by atoms with E-state index in [2.05, 4.69) is 31.2 Å². The Kier molecular flexibility index (Phi) is 8.80. The van der Waals surface area contributed by atoms with Gasteiger partial charge in [-0.1, -0.05) is 36.4 Å². The van der Waals surface area contributed by atoms with E-state index in [4.69, 9.17) is 9.47 Å². The summed E-state index contributed by atoms with van der Waals surface area (Å²) in [5.41, 5.74) is 2.44. The first-order valence-electron chi connectivity index (χ1n) is 12.7. The first-order chi connectivity index (χ1) is 19.2. The second-order valence-corrected chi connectivity index (χ2v) is 9.81. The van der Waals surface area contributed by atoms with Gasteiger partial charge in [-0.15, -0.1) is 0 Å². The second kappa shape index (κ2) is 12.6. The fourth-order valence-electron chi connectivity index (χ4n) is 3.61. The maximum absolute atomic E-state index is 13.2. The van der Waals surface area contributed by atoms with E-state index in [0.717, 1.165) is 17.0 Å². The van der Waals surface area contributed by atoms with Crippen LogP contribution in [0.15, 0.2) is 85.1 Å². The van der Waals surface area contributed by atoms with E-state index >= 15 is 0 Å². The van der Waals surface area contributed by atoms with E-state index in [-0.39, 0.29) is 17.3 Å². The largest absolute Gasteiger partial charge is 0.497 e. The van der Waals surface area contributed by atoms with Crippen molar-refractivity contribution in [2.45, 2.75) is 32.9 Å². The number of carbonyl (C=O) groups is 2. The summed E-state index contributed by atoms with van der Waals surface area (Å²) >= 11 is 0. The molecule has 206 valence electrons. The Morgan fingerprint density at radius 2 is 1.55 bits per heavy atom. The predicted octanol–water partition coefficient (Wildman–Crippen LogP) is 6.25. The van der Waals surface area contributed by atoms with Gasteiger partial charge in [0.05, 0.1) is 7.11 Å². The third-order valence-corrected chi connectivity index (χ3v) is 5.45. The maximum Gasteiger partial charge on any atom is 0.412 e. The number of hydrogen-bond acceptors (Lipinski definition) is 8. The standard InChI is InChI=1S/C30H32N6O4/c1-30(2,3)40-29(38)35-23-12-8-11-22(17-23)33-26-25(19-32-28(36-26)34-21-9-6-5-7-10-21)27(37)31-18-20-13-15-24(39-4)16-14-20/h5-17,19H,18H2,1-4H3,(H,31,37)(H,35,38)(H2,32,33,34,36). The normalized spacial score (nSPS) is 10.8. The van der Waals surface area contributed by atoms with Gasteiger partial charge < -0.3 is 25.4 Å². The highest BCUT2D eigenvalue weighted by atomic mass is 16.6. The highest BCUT2D eigenvalue weighted by Gasteiger charge is 2.18. The summed E-state index contributed by atoms with van der Waals surface area (Å²) in [6, 6.07) is 23.9. The molecule has 4 N–H and O–H groups in total. The van der Waals surface area contributed by atoms with Gasteiger partial charge in [0.1, 0.15) is 22.7 Å². The number of nitrogens with one attached hydrogen (secondary N) is 4. The predicted molar refractivity (Wildman–Crippen MR) is 156 cm³/mol. The van der Waals surface area contributed by atoms with Gasteiger partial charge in [-0.25, -0.2) is 9.78 Å². The van der Waals surface area contributed by atoms with Crippen molar-refractivity contribution in [3.8, 4) is 5.75 Å². The SMILES string of the molecule is COc1ccc(CNC(=O)c2cnc(Nc3ccccc3)nc2Nc2cccc(NC(=O)OC(C)(C)C)c2)cc1. The average molecular weight is 541 g/mol. The van der Waals surface area contributed by atoms with Crippen molar-refractivity contribution in [1.29, 1.82) is 0 Å². The first-order valence-corrected chi connectivity index (χ1v) is 12.7. The molecule has 4 aromatic rings. The van der Waals surface area contributed by atoms with Crippen LogP contribution in [0.2, 0.25) is 0 Å². The molecular formula is C30H32N6O4. The minimum atomic E-state index is -0.628. The molecule has 0 aliphatic heterocycles. The highest BCUT2D eigenvalue weighted by Crippen LogP contribution is 2.24. The van der Waals surface area contributed by atoms with Crippen molar-refractivity contribution in [2.75, 3.05) is 23.1 Å². The number of para-hydroxylation sites is 1. The Hall–Kier alpha value is -5.12. The number of amides is 2. The van der Waals surface area contributed by atoms with Gasteiger partial charge in [0.25, 0.3) is 5.91 Å². The molecule has 2 amide bonds. The Bertz CT molecular complexity index is 1450. The van der Waals surface area contributed by atoms with Gasteiger partial charge in [-0.05, 0) is 68.8 Å². The van der Waals surface area contributed by atoms with E-state index in [1.165, 1.54) is 6.20 Å². The van der Waals surface area contributed by atoms with Crippen LogP contribution in [0, 0.1) is 0 Å². The van der Waals surface area contributed by atoms with Crippen molar-refractivity contribution in [3.05, 3.63) is 96.2 Å². The molecule has 10 heteroatoms. The van der Waals surface area contributed by atoms with Crippen LogP contribution in [-0.2, 0) is 11.3 Å².